The first-order chi connectivity index (χ1) is 16.3. The van der Waals surface area contributed by atoms with Crippen molar-refractivity contribution in [3.63, 3.8) is 0 Å². The van der Waals surface area contributed by atoms with E-state index in [2.05, 4.69) is 5.32 Å². The lowest BCUT2D eigenvalue weighted by molar-refractivity contribution is -0.127. The Kier molecular flexibility index (Phi) is 5.37. The molecule has 5 rings (SSSR count). The summed E-state index contributed by atoms with van der Waals surface area (Å²) in [5, 5.41) is 2.81. The predicted molar refractivity (Wildman–Crippen MR) is 125 cm³/mol. The van der Waals surface area contributed by atoms with E-state index < -0.39 is 27.8 Å². The van der Waals surface area contributed by atoms with Gasteiger partial charge in [0.25, 0.3) is 15.9 Å². The van der Waals surface area contributed by atoms with Crippen molar-refractivity contribution in [1.29, 1.82) is 0 Å². The number of carbonyl (C=O) groups is 1. The summed E-state index contributed by atoms with van der Waals surface area (Å²) in [6, 6.07) is 20.3. The number of nitrogens with zero attached hydrogens (tertiary/aromatic N) is 2. The van der Waals surface area contributed by atoms with Crippen molar-refractivity contribution in [1.82, 2.24) is 9.88 Å². The molecule has 0 saturated heterocycles. The predicted octanol–water partition coefficient (Wildman–Crippen LogP) is 2.40. The third-order valence-corrected chi connectivity index (χ3v) is 7.46. The number of oxazole rings is 1. The molecule has 10 heteroatoms. The van der Waals surface area contributed by atoms with Crippen LogP contribution in [0.3, 0.4) is 0 Å². The molecule has 9 nitrogen and oxygen atoms in total. The lowest BCUT2D eigenvalue weighted by atomic mass is 10.2. The second-order valence-corrected chi connectivity index (χ2v) is 9.73. The van der Waals surface area contributed by atoms with Gasteiger partial charge in [-0.05, 0) is 29.8 Å². The molecule has 174 valence electrons. The number of carbonyl (C=O) groups excluding carboxylic acids is 1. The number of hydrogen-bond donors (Lipinski definition) is 1. The summed E-state index contributed by atoms with van der Waals surface area (Å²) in [6.07, 6.45) is -1.05. The Bertz CT molecular complexity index is 1540. The van der Waals surface area contributed by atoms with Gasteiger partial charge < -0.3 is 14.5 Å². The molecule has 0 bridgehead atoms. The molecular formula is C24H21N3O6S. The number of sulfonamides is 1. The third kappa shape index (κ3) is 3.81. The SMILES string of the molecule is Cn1c(=O)oc2cc(S(=O)(=O)N3C[C@@H](C(=O)NCc4ccccc4)Oc4ccccc43)ccc21. The lowest BCUT2D eigenvalue weighted by Gasteiger charge is -2.34. The van der Waals surface area contributed by atoms with Crippen molar-refractivity contribution < 1.29 is 22.4 Å². The van der Waals surface area contributed by atoms with Gasteiger partial charge in [0, 0.05) is 19.7 Å². The van der Waals surface area contributed by atoms with Gasteiger partial charge in [-0.3, -0.25) is 13.7 Å². The van der Waals surface area contributed by atoms with E-state index in [4.69, 9.17) is 9.15 Å². The number of fused-ring (bicyclic) bond motifs is 2. The van der Waals surface area contributed by atoms with Crippen LogP contribution in [-0.2, 0) is 28.4 Å². The Morgan fingerprint density at radius 1 is 1.06 bits per heavy atom. The van der Waals surface area contributed by atoms with Crippen LogP contribution in [0.25, 0.3) is 11.1 Å². The van der Waals surface area contributed by atoms with Crippen LogP contribution >= 0.6 is 0 Å². The Hall–Kier alpha value is -4.05. The fourth-order valence-corrected chi connectivity index (χ4v) is 5.36. The van der Waals surface area contributed by atoms with E-state index in [-0.39, 0.29) is 29.3 Å². The van der Waals surface area contributed by atoms with E-state index in [1.165, 1.54) is 22.8 Å². The molecule has 1 atom stereocenters. The molecule has 0 aliphatic carbocycles. The minimum absolute atomic E-state index is 0.0607. The molecular weight excluding hydrogens is 458 g/mol. The van der Waals surface area contributed by atoms with Gasteiger partial charge in [0.1, 0.15) is 5.75 Å². The molecule has 0 fully saturated rings. The number of nitrogens with one attached hydrogen (secondary N) is 1. The molecule has 0 spiro atoms. The standard InChI is InChI=1S/C24H21N3O6S/c1-26-18-12-11-17(13-21(18)33-24(26)29)34(30,31)27-15-22(32-20-10-6-5-9-19(20)27)23(28)25-14-16-7-3-2-4-8-16/h2-13,22H,14-15H2,1H3,(H,25,28)/t22-/m0/s1. The fourth-order valence-electron chi connectivity index (χ4n) is 3.87. The first-order valence-corrected chi connectivity index (χ1v) is 12.0. The van der Waals surface area contributed by atoms with Crippen LogP contribution in [0.1, 0.15) is 5.56 Å². The largest absolute Gasteiger partial charge is 0.476 e. The average molecular weight is 480 g/mol. The summed E-state index contributed by atoms with van der Waals surface area (Å²) in [5.74, 6) is -0.732. The highest BCUT2D eigenvalue weighted by Gasteiger charge is 2.37. The number of para-hydroxylation sites is 2. The molecule has 1 aliphatic heterocycles. The van der Waals surface area contributed by atoms with E-state index in [9.17, 15) is 18.0 Å². The van der Waals surface area contributed by atoms with E-state index in [1.807, 2.05) is 30.3 Å². The van der Waals surface area contributed by atoms with Crippen molar-refractivity contribution in [2.24, 2.45) is 7.05 Å². The van der Waals surface area contributed by atoms with E-state index in [1.54, 1.807) is 31.3 Å². The molecule has 0 unspecified atom stereocenters. The van der Waals surface area contributed by atoms with Crippen LogP contribution in [0.4, 0.5) is 5.69 Å². The van der Waals surface area contributed by atoms with Gasteiger partial charge in [0.15, 0.2) is 11.7 Å². The summed E-state index contributed by atoms with van der Waals surface area (Å²) in [5.41, 5.74) is 1.87. The maximum absolute atomic E-state index is 13.6. The first kappa shape index (κ1) is 21.8. The van der Waals surface area contributed by atoms with Gasteiger partial charge in [0.05, 0.1) is 22.6 Å². The zero-order chi connectivity index (χ0) is 23.9. The first-order valence-electron chi connectivity index (χ1n) is 10.5. The number of ether oxygens (including phenoxy) is 1. The molecule has 1 aromatic heterocycles. The molecule has 0 radical (unpaired) electrons. The lowest BCUT2D eigenvalue weighted by Crippen LogP contribution is -2.50. The number of aryl methyl sites for hydroxylation is 1. The molecule has 2 heterocycles. The highest BCUT2D eigenvalue weighted by Crippen LogP contribution is 2.37. The van der Waals surface area contributed by atoms with Crippen LogP contribution in [0.5, 0.6) is 5.75 Å². The molecule has 1 aliphatic rings. The van der Waals surface area contributed by atoms with Gasteiger partial charge in [-0.1, -0.05) is 42.5 Å². The maximum Gasteiger partial charge on any atom is 0.419 e. The van der Waals surface area contributed by atoms with Gasteiger partial charge in [-0.15, -0.1) is 0 Å². The second kappa shape index (κ2) is 8.38. The summed E-state index contributed by atoms with van der Waals surface area (Å²) >= 11 is 0. The van der Waals surface area contributed by atoms with Crippen molar-refractivity contribution in [2.75, 3.05) is 10.8 Å². The number of benzene rings is 3. The zero-order valence-electron chi connectivity index (χ0n) is 18.2. The topological polar surface area (TPSA) is 111 Å². The molecule has 0 saturated carbocycles. The summed E-state index contributed by atoms with van der Waals surface area (Å²) in [7, 11) is -2.56. The van der Waals surface area contributed by atoms with Gasteiger partial charge in [-0.2, -0.15) is 0 Å². The van der Waals surface area contributed by atoms with Crippen LogP contribution in [0.2, 0.25) is 0 Å². The Balaban J connectivity index is 1.47. The molecule has 34 heavy (non-hydrogen) atoms. The number of hydrogen-bond acceptors (Lipinski definition) is 6. The number of rotatable bonds is 5. The maximum atomic E-state index is 13.6. The monoisotopic (exact) mass is 479 g/mol. The smallest absolute Gasteiger partial charge is 0.419 e. The number of aromatic nitrogens is 1. The van der Waals surface area contributed by atoms with Crippen molar-refractivity contribution >= 4 is 32.7 Å². The zero-order valence-corrected chi connectivity index (χ0v) is 19.0. The Labute approximate surface area is 195 Å². The summed E-state index contributed by atoms with van der Waals surface area (Å²) < 4.78 is 40.7. The van der Waals surface area contributed by atoms with Crippen LogP contribution < -0.4 is 20.1 Å². The molecule has 4 aromatic rings. The van der Waals surface area contributed by atoms with E-state index >= 15 is 0 Å². The second-order valence-electron chi connectivity index (χ2n) is 7.87. The highest BCUT2D eigenvalue weighted by atomic mass is 32.2. The van der Waals surface area contributed by atoms with Gasteiger partial charge >= 0.3 is 5.76 Å². The van der Waals surface area contributed by atoms with Gasteiger partial charge in [-0.25, -0.2) is 13.2 Å². The molecule has 3 aromatic carbocycles. The summed E-state index contributed by atoms with van der Waals surface area (Å²) in [6.45, 7) is 0.0778. The van der Waals surface area contributed by atoms with Crippen molar-refractivity contribution in [3.8, 4) is 5.75 Å². The normalized spacial score (nSPS) is 15.6. The average Bonchev–Trinajstić information content (AvgIpc) is 3.15. The fraction of sp³-hybridized carbons (Fsp3) is 0.167. The van der Waals surface area contributed by atoms with Crippen molar-refractivity contribution in [3.05, 3.63) is 88.9 Å². The quantitative estimate of drug-likeness (QED) is 0.471. The minimum atomic E-state index is -4.10. The van der Waals surface area contributed by atoms with Crippen LogP contribution in [-0.4, -0.2) is 31.5 Å². The van der Waals surface area contributed by atoms with E-state index in [0.29, 0.717) is 11.2 Å². The van der Waals surface area contributed by atoms with E-state index in [0.717, 1.165) is 9.87 Å². The number of anilines is 1. The van der Waals surface area contributed by atoms with Crippen LogP contribution in [0, 0.1) is 0 Å². The third-order valence-electron chi connectivity index (χ3n) is 5.69. The molecule has 1 amide bonds. The highest BCUT2D eigenvalue weighted by molar-refractivity contribution is 7.92. The Morgan fingerprint density at radius 3 is 2.59 bits per heavy atom. The summed E-state index contributed by atoms with van der Waals surface area (Å²) in [4.78, 5) is 24.7. The van der Waals surface area contributed by atoms with Crippen molar-refractivity contribution in [2.45, 2.75) is 17.5 Å². The van der Waals surface area contributed by atoms with Crippen LogP contribution in [0.15, 0.2) is 86.9 Å². The Morgan fingerprint density at radius 2 is 1.79 bits per heavy atom. The number of amides is 1. The minimum Gasteiger partial charge on any atom is -0.476 e. The van der Waals surface area contributed by atoms with Gasteiger partial charge in [0.2, 0.25) is 0 Å². The molecule has 1 N–H and O–H groups in total.